The monoisotopic (exact) mass is 823 g/mol. The predicted molar refractivity (Wildman–Crippen MR) is 250 cm³/mol. The molecule has 0 aliphatic carbocycles. The van der Waals surface area contributed by atoms with Gasteiger partial charge in [-0.15, -0.1) is 0 Å². The number of unbranched alkanes of at least 4 members (excludes halogenated alkanes) is 3. The Kier molecular flexibility index (Phi) is 21.0. The van der Waals surface area contributed by atoms with Crippen LogP contribution < -0.4 is 9.07 Å². The molecule has 0 radical (unpaired) electrons. The van der Waals surface area contributed by atoms with Crippen molar-refractivity contribution in [3.05, 3.63) is 146 Å². The number of rotatable bonds is 23. The van der Waals surface area contributed by atoms with Crippen molar-refractivity contribution in [3.63, 3.8) is 0 Å². The summed E-state index contributed by atoms with van der Waals surface area (Å²) < 4.78 is 4.27. The molecule has 0 spiro atoms. The fourth-order valence-electron chi connectivity index (χ4n) is 8.69. The Bertz CT molecular complexity index is 1820. The van der Waals surface area contributed by atoms with E-state index in [1.165, 1.54) is 85.7 Å². The number of allylic oxidation sites excluding steroid dienone is 2. The van der Waals surface area contributed by atoms with E-state index in [0.717, 1.165) is 101 Å². The molecular formula is C55H76N2Ni. The van der Waals surface area contributed by atoms with Gasteiger partial charge in [-0.05, 0) is 122 Å². The second-order valence-corrected chi connectivity index (χ2v) is 17.6. The Morgan fingerprint density at radius 3 is 1.07 bits per heavy atom. The first-order valence-corrected chi connectivity index (χ1v) is 24.3. The zero-order chi connectivity index (χ0) is 41.7. The average molecular weight is 824 g/mol. The van der Waals surface area contributed by atoms with Crippen LogP contribution in [0.15, 0.2) is 96.1 Å². The molecule has 2 nitrogen and oxygen atoms in total. The molecule has 0 saturated heterocycles. The van der Waals surface area contributed by atoms with Crippen molar-refractivity contribution in [1.82, 2.24) is 0 Å². The molecule has 4 aromatic carbocycles. The molecule has 0 aromatic heterocycles. The summed E-state index contributed by atoms with van der Waals surface area (Å²) in [4.78, 5) is 0. The van der Waals surface area contributed by atoms with Crippen LogP contribution in [-0.4, -0.2) is 4.70 Å². The SMILES string of the molecule is CCCCCC1=C(c2cc(CCC)c(CCC)c(CCC)c2)[N+](=[N-])C(c2cc(CCC)c(CCC)c(CCC)c2)=C1CCCC.c1cc[c]([Ni][c]2ccccc2)cc1. The van der Waals surface area contributed by atoms with Gasteiger partial charge < -0.3 is 5.53 Å². The van der Waals surface area contributed by atoms with Crippen LogP contribution in [0.1, 0.15) is 183 Å². The van der Waals surface area contributed by atoms with E-state index in [1.54, 1.807) is 30.3 Å². The molecule has 0 N–H and O–H groups in total. The molecule has 0 bridgehead atoms. The van der Waals surface area contributed by atoms with Gasteiger partial charge in [0.2, 0.25) is 11.4 Å². The Balaban J connectivity index is 0.000000479. The number of nitrogens with zero attached hydrogens (tertiary/aromatic N) is 2. The molecule has 1 aliphatic heterocycles. The summed E-state index contributed by atoms with van der Waals surface area (Å²) in [5.41, 5.74) is 29.0. The van der Waals surface area contributed by atoms with E-state index in [1.807, 2.05) is 12.1 Å². The van der Waals surface area contributed by atoms with Crippen LogP contribution in [0.4, 0.5) is 0 Å². The van der Waals surface area contributed by atoms with Crippen LogP contribution in [0, 0.1) is 0 Å². The first kappa shape index (κ1) is 47.1. The standard InChI is InChI=1S/C43H66N2.2C6H5.Ni/c1-9-17-19-27-41-40(26-18-10-2)42(36-28-32(20-11-3)38(24-15-7)33(29-36)21-12-4)45(44)43(41)37-30-34(22-13-5)39(25-16-8)35(31-37)23-14-6;2*1-2-4-6-5-3-1;/h28-31H,9-27H2,1-8H3;2*1-5H;. The van der Waals surface area contributed by atoms with Crippen molar-refractivity contribution in [2.75, 3.05) is 0 Å². The van der Waals surface area contributed by atoms with Crippen LogP contribution >= 0.6 is 0 Å². The maximum absolute atomic E-state index is 12.5. The van der Waals surface area contributed by atoms with Crippen LogP contribution in [0.2, 0.25) is 0 Å². The van der Waals surface area contributed by atoms with Crippen LogP contribution in [0.3, 0.4) is 0 Å². The van der Waals surface area contributed by atoms with E-state index in [0.29, 0.717) is 0 Å². The van der Waals surface area contributed by atoms with Crippen LogP contribution in [0.25, 0.3) is 16.9 Å². The quantitative estimate of drug-likeness (QED) is 0.0405. The van der Waals surface area contributed by atoms with Crippen molar-refractivity contribution >= 4 is 20.5 Å². The van der Waals surface area contributed by atoms with E-state index in [4.69, 9.17) is 0 Å². The number of hydrogen-bond acceptors (Lipinski definition) is 0. The third-order valence-corrected chi connectivity index (χ3v) is 12.5. The van der Waals surface area contributed by atoms with Crippen LogP contribution in [0.5, 0.6) is 0 Å². The Morgan fingerprint density at radius 2 is 0.741 bits per heavy atom. The molecule has 5 rings (SSSR count). The first-order chi connectivity index (χ1) is 28.4. The zero-order valence-electron chi connectivity index (χ0n) is 37.7. The first-order valence-electron chi connectivity index (χ1n) is 23.3. The Morgan fingerprint density at radius 1 is 0.397 bits per heavy atom. The molecule has 0 amide bonds. The molecule has 3 heteroatoms. The van der Waals surface area contributed by atoms with Crippen LogP contribution in [-0.2, 0) is 53.0 Å². The minimum atomic E-state index is 1.02. The summed E-state index contributed by atoms with van der Waals surface area (Å²) in [5, 5.41) is 0. The van der Waals surface area contributed by atoms with Gasteiger partial charge in [0, 0.05) is 22.3 Å². The predicted octanol–water partition coefficient (Wildman–Crippen LogP) is 15.1. The number of aryl methyl sites for hydroxylation is 4. The Hall–Kier alpha value is -3.55. The van der Waals surface area contributed by atoms with E-state index in [-0.39, 0.29) is 0 Å². The maximum atomic E-state index is 12.5. The molecule has 0 fully saturated rings. The fraction of sp³-hybridized carbons (Fsp3) is 0.491. The summed E-state index contributed by atoms with van der Waals surface area (Å²) in [6, 6.07) is 30.7. The molecular weight excluding hydrogens is 747 g/mol. The molecule has 0 saturated carbocycles. The van der Waals surface area contributed by atoms with Crippen molar-refractivity contribution in [2.24, 2.45) is 0 Å². The number of benzene rings is 4. The van der Waals surface area contributed by atoms with E-state index in [9.17, 15) is 5.53 Å². The summed E-state index contributed by atoms with van der Waals surface area (Å²) >= 11 is 1.60. The summed E-state index contributed by atoms with van der Waals surface area (Å²) in [6.07, 6.45) is 21.6. The van der Waals surface area contributed by atoms with Gasteiger partial charge in [0.15, 0.2) is 0 Å². The molecule has 0 unspecified atom stereocenters. The van der Waals surface area contributed by atoms with Gasteiger partial charge in [-0.2, -0.15) is 0 Å². The van der Waals surface area contributed by atoms with Crippen molar-refractivity contribution in [1.29, 1.82) is 0 Å². The summed E-state index contributed by atoms with van der Waals surface area (Å²) in [5.74, 6) is 0. The van der Waals surface area contributed by atoms with Gasteiger partial charge in [-0.3, -0.25) is 0 Å². The molecule has 0 atom stereocenters. The van der Waals surface area contributed by atoms with Gasteiger partial charge >= 0.3 is 84.2 Å². The number of hydrogen-bond donors (Lipinski definition) is 0. The van der Waals surface area contributed by atoms with E-state index >= 15 is 0 Å². The van der Waals surface area contributed by atoms with E-state index in [2.05, 4.69) is 128 Å². The Labute approximate surface area is 361 Å². The van der Waals surface area contributed by atoms with Gasteiger partial charge in [-0.25, -0.2) is 4.70 Å². The minimum absolute atomic E-state index is 1.02. The third-order valence-electron chi connectivity index (χ3n) is 11.3. The van der Waals surface area contributed by atoms with Crippen molar-refractivity contribution < 1.29 is 19.1 Å². The topological polar surface area (TPSA) is 25.3 Å². The zero-order valence-corrected chi connectivity index (χ0v) is 38.7. The molecule has 4 aromatic rings. The van der Waals surface area contributed by atoms with Gasteiger partial charge in [-0.1, -0.05) is 113 Å². The summed E-state index contributed by atoms with van der Waals surface area (Å²) in [6.45, 7) is 18.4. The fourth-order valence-corrected chi connectivity index (χ4v) is 9.73. The van der Waals surface area contributed by atoms with Crippen molar-refractivity contribution in [3.8, 4) is 0 Å². The molecule has 1 heterocycles. The average Bonchev–Trinajstić information content (AvgIpc) is 3.50. The summed E-state index contributed by atoms with van der Waals surface area (Å²) in [7, 11) is 0. The molecule has 58 heavy (non-hydrogen) atoms. The van der Waals surface area contributed by atoms with Crippen molar-refractivity contribution in [2.45, 2.75) is 177 Å². The molecule has 1 aliphatic rings. The second kappa shape index (κ2) is 25.8. The van der Waals surface area contributed by atoms with Gasteiger partial charge in [0.1, 0.15) is 0 Å². The molecule has 316 valence electrons. The van der Waals surface area contributed by atoms with Gasteiger partial charge in [0.25, 0.3) is 0 Å². The normalized spacial score (nSPS) is 12.8. The van der Waals surface area contributed by atoms with Gasteiger partial charge in [0.05, 0.1) is 0 Å². The second-order valence-electron chi connectivity index (χ2n) is 16.2. The third kappa shape index (κ3) is 13.0. The van der Waals surface area contributed by atoms with E-state index < -0.39 is 0 Å².